The van der Waals surface area contributed by atoms with Crippen molar-refractivity contribution >= 4 is 34.0 Å². The monoisotopic (exact) mass is 304 g/mol. The van der Waals surface area contributed by atoms with E-state index >= 15 is 0 Å². The Hall–Kier alpha value is -1.84. The zero-order valence-electron chi connectivity index (χ0n) is 10.4. The first kappa shape index (κ1) is 13.2. The Bertz CT molecular complexity index is 843. The highest BCUT2D eigenvalue weighted by atomic mass is 35.5. The molecule has 2 aromatic heterocycles. The maximum absolute atomic E-state index is 12.4. The van der Waals surface area contributed by atoms with Gasteiger partial charge < -0.3 is 4.57 Å². The summed E-state index contributed by atoms with van der Waals surface area (Å²) in [5.41, 5.74) is 0.711. The summed E-state index contributed by atoms with van der Waals surface area (Å²) in [6.45, 7) is 0.368. The summed E-state index contributed by atoms with van der Waals surface area (Å²) in [6.07, 6.45) is 3.35. The smallest absolute Gasteiger partial charge is 0.258 e. The van der Waals surface area contributed by atoms with E-state index in [4.69, 9.17) is 23.2 Å². The molecule has 0 spiro atoms. The van der Waals surface area contributed by atoms with Gasteiger partial charge in [0.2, 0.25) is 0 Å². The lowest BCUT2D eigenvalue weighted by Gasteiger charge is -2.08. The summed E-state index contributed by atoms with van der Waals surface area (Å²) in [4.78, 5) is 16.4. The second-order valence-electron chi connectivity index (χ2n) is 4.43. The normalized spacial score (nSPS) is 10.9. The highest BCUT2D eigenvalue weighted by Gasteiger charge is 2.06. The van der Waals surface area contributed by atoms with Gasteiger partial charge in [-0.3, -0.25) is 4.79 Å². The van der Waals surface area contributed by atoms with Crippen LogP contribution >= 0.6 is 23.2 Å². The van der Waals surface area contributed by atoms with Gasteiger partial charge in [-0.05, 0) is 23.6 Å². The SMILES string of the molecule is O=c1c2ccccc2ccn1Cc1cnc(Cl)cc1Cl. The molecule has 0 radical (unpaired) electrons. The Morgan fingerprint density at radius 2 is 1.95 bits per heavy atom. The Morgan fingerprint density at radius 1 is 1.15 bits per heavy atom. The molecule has 3 nitrogen and oxygen atoms in total. The minimum Gasteiger partial charge on any atom is -0.310 e. The molecule has 20 heavy (non-hydrogen) atoms. The molecule has 0 atom stereocenters. The molecule has 0 saturated heterocycles. The van der Waals surface area contributed by atoms with E-state index in [9.17, 15) is 4.79 Å². The van der Waals surface area contributed by atoms with Crippen LogP contribution in [0.4, 0.5) is 0 Å². The molecule has 0 saturated carbocycles. The van der Waals surface area contributed by atoms with Crippen LogP contribution in [0.2, 0.25) is 10.2 Å². The number of hydrogen-bond acceptors (Lipinski definition) is 2. The Morgan fingerprint density at radius 3 is 2.75 bits per heavy atom. The number of fused-ring (bicyclic) bond motifs is 1. The van der Waals surface area contributed by atoms with Crippen molar-refractivity contribution in [2.24, 2.45) is 0 Å². The van der Waals surface area contributed by atoms with Crippen molar-refractivity contribution in [2.75, 3.05) is 0 Å². The van der Waals surface area contributed by atoms with E-state index in [2.05, 4.69) is 4.98 Å². The lowest BCUT2D eigenvalue weighted by Crippen LogP contribution is -2.20. The van der Waals surface area contributed by atoms with Gasteiger partial charge in [0.15, 0.2) is 0 Å². The van der Waals surface area contributed by atoms with Gasteiger partial charge in [0.05, 0.1) is 11.6 Å². The molecule has 1 aromatic carbocycles. The number of aromatic nitrogens is 2. The van der Waals surface area contributed by atoms with Gasteiger partial charge in [-0.2, -0.15) is 0 Å². The third kappa shape index (κ3) is 2.42. The molecule has 0 N–H and O–H groups in total. The minimum absolute atomic E-state index is 0.0471. The van der Waals surface area contributed by atoms with E-state index in [1.54, 1.807) is 23.0 Å². The van der Waals surface area contributed by atoms with Crippen LogP contribution in [0.1, 0.15) is 5.56 Å². The van der Waals surface area contributed by atoms with Crippen molar-refractivity contribution in [2.45, 2.75) is 6.54 Å². The van der Waals surface area contributed by atoms with Gasteiger partial charge in [0, 0.05) is 23.3 Å². The third-order valence-electron chi connectivity index (χ3n) is 3.12. The maximum atomic E-state index is 12.4. The average Bonchev–Trinajstić information content (AvgIpc) is 2.45. The van der Waals surface area contributed by atoms with Crippen LogP contribution in [0, 0.1) is 0 Å². The number of pyridine rings is 2. The molecule has 0 aliphatic heterocycles. The lowest BCUT2D eigenvalue weighted by atomic mass is 10.2. The molecule has 0 amide bonds. The fraction of sp³-hybridized carbons (Fsp3) is 0.0667. The van der Waals surface area contributed by atoms with E-state index in [0.717, 1.165) is 10.9 Å². The minimum atomic E-state index is -0.0471. The maximum Gasteiger partial charge on any atom is 0.258 e. The second-order valence-corrected chi connectivity index (χ2v) is 5.23. The van der Waals surface area contributed by atoms with Crippen molar-refractivity contribution in [3.05, 3.63) is 74.9 Å². The topological polar surface area (TPSA) is 34.9 Å². The molecule has 0 unspecified atom stereocenters. The van der Waals surface area contributed by atoms with Crippen molar-refractivity contribution in [3.63, 3.8) is 0 Å². The van der Waals surface area contributed by atoms with Crippen LogP contribution in [0.5, 0.6) is 0 Å². The van der Waals surface area contributed by atoms with Gasteiger partial charge in [-0.1, -0.05) is 41.4 Å². The zero-order chi connectivity index (χ0) is 14.1. The largest absolute Gasteiger partial charge is 0.310 e. The summed E-state index contributed by atoms with van der Waals surface area (Å²) in [6, 6.07) is 11.0. The van der Waals surface area contributed by atoms with Gasteiger partial charge in [-0.15, -0.1) is 0 Å². The van der Waals surface area contributed by atoms with E-state index in [0.29, 0.717) is 22.1 Å². The molecular weight excluding hydrogens is 295 g/mol. The fourth-order valence-electron chi connectivity index (χ4n) is 2.09. The summed E-state index contributed by atoms with van der Waals surface area (Å²) >= 11 is 11.9. The number of rotatable bonds is 2. The molecule has 0 bridgehead atoms. The highest BCUT2D eigenvalue weighted by molar-refractivity contribution is 6.34. The van der Waals surface area contributed by atoms with Crippen LogP contribution in [-0.2, 0) is 6.54 Å². The summed E-state index contributed by atoms with van der Waals surface area (Å²) in [5.74, 6) is 0. The number of halogens is 2. The summed E-state index contributed by atoms with van der Waals surface area (Å²) in [5, 5.41) is 2.46. The molecule has 100 valence electrons. The van der Waals surface area contributed by atoms with Crippen molar-refractivity contribution in [3.8, 4) is 0 Å². The molecule has 3 aromatic rings. The number of nitrogens with zero attached hydrogens (tertiary/aromatic N) is 2. The predicted octanol–water partition coefficient (Wildman–Crippen LogP) is 3.75. The van der Waals surface area contributed by atoms with Gasteiger partial charge in [0.25, 0.3) is 5.56 Å². The second kappa shape index (κ2) is 5.27. The predicted molar refractivity (Wildman–Crippen MR) is 81.6 cm³/mol. The quantitative estimate of drug-likeness (QED) is 0.676. The molecule has 3 rings (SSSR count). The van der Waals surface area contributed by atoms with Crippen LogP contribution in [-0.4, -0.2) is 9.55 Å². The number of benzene rings is 1. The van der Waals surface area contributed by atoms with Crippen molar-refractivity contribution in [1.29, 1.82) is 0 Å². The fourth-order valence-corrected chi connectivity index (χ4v) is 2.52. The Labute approximate surface area is 125 Å². The van der Waals surface area contributed by atoms with Crippen LogP contribution in [0.3, 0.4) is 0 Å². The van der Waals surface area contributed by atoms with Gasteiger partial charge in [-0.25, -0.2) is 4.98 Å². The van der Waals surface area contributed by atoms with E-state index < -0.39 is 0 Å². The molecule has 5 heteroatoms. The third-order valence-corrected chi connectivity index (χ3v) is 3.68. The van der Waals surface area contributed by atoms with E-state index in [1.807, 2.05) is 30.3 Å². The van der Waals surface area contributed by atoms with Gasteiger partial charge >= 0.3 is 0 Å². The lowest BCUT2D eigenvalue weighted by molar-refractivity contribution is 0.765. The number of hydrogen-bond donors (Lipinski definition) is 0. The summed E-state index contributed by atoms with van der Waals surface area (Å²) < 4.78 is 1.61. The van der Waals surface area contributed by atoms with Gasteiger partial charge in [0.1, 0.15) is 5.15 Å². The van der Waals surface area contributed by atoms with Crippen LogP contribution in [0.25, 0.3) is 10.8 Å². The van der Waals surface area contributed by atoms with Crippen LogP contribution < -0.4 is 5.56 Å². The first-order valence-electron chi connectivity index (χ1n) is 6.03. The van der Waals surface area contributed by atoms with E-state index in [1.165, 1.54) is 0 Å². The van der Waals surface area contributed by atoms with Crippen molar-refractivity contribution < 1.29 is 0 Å². The molecule has 0 aliphatic carbocycles. The average molecular weight is 305 g/mol. The molecule has 0 fully saturated rings. The Balaban J connectivity index is 2.07. The first-order chi connectivity index (χ1) is 9.65. The molecule has 0 aliphatic rings. The summed E-state index contributed by atoms with van der Waals surface area (Å²) in [7, 11) is 0. The Kier molecular flexibility index (Phi) is 3.47. The van der Waals surface area contributed by atoms with E-state index in [-0.39, 0.29) is 5.56 Å². The molecular formula is C15H10Cl2N2O. The van der Waals surface area contributed by atoms with Crippen LogP contribution in [0.15, 0.2) is 53.6 Å². The first-order valence-corrected chi connectivity index (χ1v) is 6.79. The zero-order valence-corrected chi connectivity index (χ0v) is 11.9. The molecule has 2 heterocycles. The van der Waals surface area contributed by atoms with Crippen molar-refractivity contribution in [1.82, 2.24) is 9.55 Å². The standard InChI is InChI=1S/C15H10Cl2N2O/c16-13-7-14(17)18-8-11(13)9-19-6-5-10-3-1-2-4-12(10)15(19)20/h1-8H,9H2. The highest BCUT2D eigenvalue weighted by Crippen LogP contribution is 2.19.